The van der Waals surface area contributed by atoms with Gasteiger partial charge in [0.15, 0.2) is 0 Å². The van der Waals surface area contributed by atoms with Crippen molar-refractivity contribution in [3.63, 3.8) is 0 Å². The molecule has 1 aliphatic rings. The van der Waals surface area contributed by atoms with Crippen LogP contribution in [-0.4, -0.2) is 43.3 Å². The summed E-state index contributed by atoms with van der Waals surface area (Å²) in [6, 6.07) is 19.6. The maximum Gasteiger partial charge on any atom is 0.271 e. The molecule has 4 rings (SSSR count). The van der Waals surface area contributed by atoms with Gasteiger partial charge in [-0.3, -0.25) is 14.9 Å². The first kappa shape index (κ1) is 24.7. The number of hydrazone groups is 1. The molecular formula is C25H23ClN4O4S. The van der Waals surface area contributed by atoms with Crippen molar-refractivity contribution in [1.29, 1.82) is 0 Å². The molecule has 0 saturated carbocycles. The first-order valence-electron chi connectivity index (χ1n) is 10.9. The molecule has 1 saturated heterocycles. The molecule has 0 atom stereocenters. The third kappa shape index (κ3) is 6.82. The highest BCUT2D eigenvalue weighted by Crippen LogP contribution is 2.26. The second kappa shape index (κ2) is 11.8. The van der Waals surface area contributed by atoms with Crippen LogP contribution in [0.25, 0.3) is 0 Å². The largest absolute Gasteiger partial charge is 0.378 e. The lowest BCUT2D eigenvalue weighted by atomic mass is 10.1. The summed E-state index contributed by atoms with van der Waals surface area (Å²) in [5, 5.41) is 16.0. The predicted molar refractivity (Wildman–Crippen MR) is 139 cm³/mol. The van der Waals surface area contributed by atoms with Crippen LogP contribution in [0.15, 0.2) is 76.7 Å². The number of benzene rings is 3. The third-order valence-corrected chi connectivity index (χ3v) is 6.71. The van der Waals surface area contributed by atoms with Gasteiger partial charge in [-0.05, 0) is 48.0 Å². The van der Waals surface area contributed by atoms with Gasteiger partial charge in [0.25, 0.3) is 11.6 Å². The molecule has 1 N–H and O–H groups in total. The Morgan fingerprint density at radius 3 is 2.51 bits per heavy atom. The van der Waals surface area contributed by atoms with Crippen molar-refractivity contribution in [3.05, 3.63) is 98.6 Å². The Morgan fingerprint density at radius 2 is 1.83 bits per heavy atom. The Hall–Kier alpha value is -3.40. The summed E-state index contributed by atoms with van der Waals surface area (Å²) in [7, 11) is 0. The molecule has 1 fully saturated rings. The number of hydrogen-bond acceptors (Lipinski definition) is 7. The fourth-order valence-corrected chi connectivity index (χ4v) is 4.51. The number of nitrogens with one attached hydrogen (secondary N) is 1. The Balaban J connectivity index is 1.39. The van der Waals surface area contributed by atoms with E-state index in [9.17, 15) is 14.9 Å². The molecule has 3 aromatic carbocycles. The highest BCUT2D eigenvalue weighted by Gasteiger charge is 2.17. The van der Waals surface area contributed by atoms with E-state index in [1.165, 1.54) is 18.3 Å². The first-order chi connectivity index (χ1) is 17.0. The molecule has 3 aromatic rings. The van der Waals surface area contributed by atoms with E-state index in [4.69, 9.17) is 16.3 Å². The lowest BCUT2D eigenvalue weighted by Gasteiger charge is -2.29. The summed E-state index contributed by atoms with van der Waals surface area (Å²) in [6.45, 7) is 2.51. The number of carbonyl (C=O) groups is 1. The van der Waals surface area contributed by atoms with Crippen molar-refractivity contribution in [2.75, 3.05) is 31.2 Å². The van der Waals surface area contributed by atoms with Crippen LogP contribution in [0.3, 0.4) is 0 Å². The molecule has 0 bridgehead atoms. The molecule has 35 heavy (non-hydrogen) atoms. The molecule has 0 radical (unpaired) electrons. The first-order valence-corrected chi connectivity index (χ1v) is 12.3. The number of rotatable bonds is 8. The Bertz CT molecular complexity index is 1210. The quantitative estimate of drug-likeness (QED) is 0.195. The van der Waals surface area contributed by atoms with E-state index in [2.05, 4.69) is 15.4 Å². The van der Waals surface area contributed by atoms with E-state index in [-0.39, 0.29) is 11.6 Å². The number of halogens is 1. The van der Waals surface area contributed by atoms with E-state index in [0.29, 0.717) is 42.5 Å². The number of amides is 1. The van der Waals surface area contributed by atoms with Crippen molar-refractivity contribution in [2.45, 2.75) is 10.6 Å². The van der Waals surface area contributed by atoms with Crippen molar-refractivity contribution >= 4 is 46.9 Å². The summed E-state index contributed by atoms with van der Waals surface area (Å²) < 4.78 is 5.39. The predicted octanol–water partition coefficient (Wildman–Crippen LogP) is 5.14. The highest BCUT2D eigenvalue weighted by molar-refractivity contribution is 7.98. The zero-order valence-electron chi connectivity index (χ0n) is 18.7. The van der Waals surface area contributed by atoms with Gasteiger partial charge in [0.05, 0.1) is 24.4 Å². The van der Waals surface area contributed by atoms with Crippen LogP contribution in [0.4, 0.5) is 11.4 Å². The number of non-ortho nitro benzene ring substituents is 1. The Morgan fingerprint density at radius 1 is 1.11 bits per heavy atom. The number of anilines is 1. The number of hydrogen-bond donors (Lipinski definition) is 1. The van der Waals surface area contributed by atoms with Gasteiger partial charge in [0, 0.05) is 57.7 Å². The summed E-state index contributed by atoms with van der Waals surface area (Å²) in [6.07, 6.45) is 1.44. The summed E-state index contributed by atoms with van der Waals surface area (Å²) in [5.74, 6) is 0.398. The molecular weight excluding hydrogens is 488 g/mol. The summed E-state index contributed by atoms with van der Waals surface area (Å²) in [4.78, 5) is 26.5. The Labute approximate surface area is 212 Å². The lowest BCUT2D eigenvalue weighted by Crippen LogP contribution is -2.36. The number of nitro groups is 1. The van der Waals surface area contributed by atoms with Crippen molar-refractivity contribution in [1.82, 2.24) is 5.43 Å². The standard InChI is InChI=1S/C25H23ClN4O4S/c26-21-5-8-23(9-6-21)35-17-18-1-3-19(4-2-18)25(31)28-27-16-20-15-22(30(32)33)7-10-24(20)29-11-13-34-14-12-29/h1-10,15-16H,11-14,17H2,(H,28,31)/b27-16+. The molecule has 8 nitrogen and oxygen atoms in total. The fourth-order valence-electron chi connectivity index (χ4n) is 3.53. The second-order valence-electron chi connectivity index (χ2n) is 7.74. The topological polar surface area (TPSA) is 97.1 Å². The van der Waals surface area contributed by atoms with E-state index in [1.807, 2.05) is 36.4 Å². The minimum absolute atomic E-state index is 0.0400. The SMILES string of the molecule is O=C(N/N=C/c1cc([N+](=O)[O-])ccc1N1CCOCC1)c1ccc(CSc2ccc(Cl)cc2)cc1. The zero-order chi connectivity index (χ0) is 24.6. The molecule has 180 valence electrons. The molecule has 0 aromatic heterocycles. The second-order valence-corrected chi connectivity index (χ2v) is 9.22. The molecule has 1 heterocycles. The van der Waals surface area contributed by atoms with E-state index >= 15 is 0 Å². The number of thioether (sulfide) groups is 1. The van der Waals surface area contributed by atoms with Gasteiger partial charge in [-0.25, -0.2) is 5.43 Å². The molecule has 0 spiro atoms. The third-order valence-electron chi connectivity index (χ3n) is 5.38. The van der Waals surface area contributed by atoms with Crippen molar-refractivity contribution < 1.29 is 14.5 Å². The maximum absolute atomic E-state index is 12.5. The Kier molecular flexibility index (Phi) is 8.36. The molecule has 1 aliphatic heterocycles. The van der Waals surface area contributed by atoms with Crippen LogP contribution < -0.4 is 10.3 Å². The molecule has 1 amide bonds. The minimum atomic E-state index is -0.453. The van der Waals surface area contributed by atoms with Crippen molar-refractivity contribution in [2.24, 2.45) is 5.10 Å². The minimum Gasteiger partial charge on any atom is -0.378 e. The summed E-state index contributed by atoms with van der Waals surface area (Å²) in [5.41, 5.74) is 5.37. The number of carbonyl (C=O) groups excluding carboxylic acids is 1. The van der Waals surface area contributed by atoms with Crippen molar-refractivity contribution in [3.8, 4) is 0 Å². The number of nitrogens with zero attached hydrogens (tertiary/aromatic N) is 3. The van der Waals surface area contributed by atoms with Gasteiger partial charge >= 0.3 is 0 Å². The number of morpholine rings is 1. The van der Waals surface area contributed by atoms with Crippen LogP contribution in [-0.2, 0) is 10.5 Å². The smallest absolute Gasteiger partial charge is 0.271 e. The monoisotopic (exact) mass is 510 g/mol. The average molecular weight is 511 g/mol. The van der Waals surface area contributed by atoms with Gasteiger partial charge < -0.3 is 9.64 Å². The molecule has 0 unspecified atom stereocenters. The highest BCUT2D eigenvalue weighted by atomic mass is 35.5. The van der Waals surface area contributed by atoms with Crippen LogP contribution in [0, 0.1) is 10.1 Å². The number of ether oxygens (including phenoxy) is 1. The van der Waals surface area contributed by atoms with Crippen LogP contribution in [0.1, 0.15) is 21.5 Å². The average Bonchev–Trinajstić information content (AvgIpc) is 2.89. The normalized spacial score (nSPS) is 13.7. The molecule has 0 aliphatic carbocycles. The van der Waals surface area contributed by atoms with Gasteiger partial charge in [-0.2, -0.15) is 5.10 Å². The molecule has 10 heteroatoms. The van der Waals surface area contributed by atoms with Gasteiger partial charge in [0.2, 0.25) is 0 Å². The van der Waals surface area contributed by atoms with Crippen LogP contribution >= 0.6 is 23.4 Å². The maximum atomic E-state index is 12.5. The zero-order valence-corrected chi connectivity index (χ0v) is 20.3. The lowest BCUT2D eigenvalue weighted by molar-refractivity contribution is -0.384. The summed E-state index contributed by atoms with van der Waals surface area (Å²) >= 11 is 7.60. The number of nitro benzene ring substituents is 1. The van der Waals surface area contributed by atoms with E-state index in [1.54, 1.807) is 30.0 Å². The fraction of sp³-hybridized carbons (Fsp3) is 0.200. The van der Waals surface area contributed by atoms with E-state index < -0.39 is 4.92 Å². The van der Waals surface area contributed by atoms with Gasteiger partial charge in [-0.15, -0.1) is 11.8 Å². The van der Waals surface area contributed by atoms with Crippen LogP contribution in [0.2, 0.25) is 5.02 Å². The van der Waals surface area contributed by atoms with Gasteiger partial charge in [0.1, 0.15) is 0 Å². The van der Waals surface area contributed by atoms with Crippen LogP contribution in [0.5, 0.6) is 0 Å². The van der Waals surface area contributed by atoms with E-state index in [0.717, 1.165) is 21.9 Å². The van der Waals surface area contributed by atoms with Gasteiger partial charge in [-0.1, -0.05) is 23.7 Å².